The minimum atomic E-state index is 0.150. The Morgan fingerprint density at radius 2 is 2.32 bits per heavy atom. The fourth-order valence-electron chi connectivity index (χ4n) is 3.79. The summed E-state index contributed by atoms with van der Waals surface area (Å²) in [7, 11) is 1.88. The molecular weight excluding hydrogens is 312 g/mol. The minimum absolute atomic E-state index is 0.150. The average Bonchev–Trinajstić information content (AvgIpc) is 3.33. The van der Waals surface area contributed by atoms with Crippen LogP contribution in [0.25, 0.3) is 5.70 Å². The molecule has 1 N–H and O–H groups in total. The highest BCUT2D eigenvalue weighted by atomic mass is 15.3. The molecule has 6 heteroatoms. The molecule has 3 rings (SSSR count). The van der Waals surface area contributed by atoms with Crippen LogP contribution in [0, 0.1) is 17.2 Å². The maximum absolute atomic E-state index is 9.23. The van der Waals surface area contributed by atoms with E-state index in [1.54, 1.807) is 0 Å². The molecule has 1 aliphatic carbocycles. The molecule has 0 saturated heterocycles. The summed E-state index contributed by atoms with van der Waals surface area (Å²) >= 11 is 0. The van der Waals surface area contributed by atoms with Gasteiger partial charge >= 0.3 is 0 Å². The van der Waals surface area contributed by atoms with E-state index >= 15 is 0 Å². The maximum Gasteiger partial charge on any atom is 0.156 e. The first-order valence-corrected chi connectivity index (χ1v) is 8.80. The topological polar surface area (TPSA) is 78.4 Å². The van der Waals surface area contributed by atoms with Crippen molar-refractivity contribution in [2.45, 2.75) is 38.1 Å². The molecule has 1 saturated carbocycles. The lowest BCUT2D eigenvalue weighted by atomic mass is 9.96. The maximum atomic E-state index is 9.23. The van der Waals surface area contributed by atoms with Gasteiger partial charge in [-0.2, -0.15) is 10.4 Å². The second-order valence-corrected chi connectivity index (χ2v) is 6.45. The lowest BCUT2D eigenvalue weighted by Crippen LogP contribution is -2.18. The van der Waals surface area contributed by atoms with Crippen LogP contribution in [-0.4, -0.2) is 35.9 Å². The number of hydrogen-bond acceptors (Lipinski definition) is 5. The van der Waals surface area contributed by atoms with E-state index in [0.29, 0.717) is 24.7 Å². The van der Waals surface area contributed by atoms with E-state index in [0.717, 1.165) is 16.8 Å². The summed E-state index contributed by atoms with van der Waals surface area (Å²) in [5, 5.41) is 17.1. The van der Waals surface area contributed by atoms with Crippen LogP contribution in [0.3, 0.4) is 0 Å². The molecule has 2 aliphatic rings. The van der Waals surface area contributed by atoms with Crippen molar-refractivity contribution < 1.29 is 0 Å². The standard InChI is InChI=1S/C19H24N6/c1-21-18(16-8-5-11-23-19(16)22-2)15-12-24-25(13-15)17(9-10-20)14-6-3-4-7-14/h5,8,12-14,17,21H,2-4,6-7,9,11H2,1H3/b18-16-. The van der Waals surface area contributed by atoms with E-state index in [1.165, 1.54) is 25.7 Å². The number of nitrogens with zero attached hydrogens (tertiary/aromatic N) is 5. The van der Waals surface area contributed by atoms with Gasteiger partial charge in [0.1, 0.15) is 0 Å². The summed E-state index contributed by atoms with van der Waals surface area (Å²) in [6.07, 6.45) is 13.3. The van der Waals surface area contributed by atoms with Gasteiger partial charge in [-0.25, -0.2) is 4.99 Å². The van der Waals surface area contributed by atoms with Gasteiger partial charge in [-0.1, -0.05) is 25.0 Å². The Kier molecular flexibility index (Phi) is 5.44. The van der Waals surface area contributed by atoms with E-state index < -0.39 is 0 Å². The number of hydrogen-bond donors (Lipinski definition) is 1. The molecule has 1 aromatic rings. The van der Waals surface area contributed by atoms with Gasteiger partial charge < -0.3 is 5.32 Å². The van der Waals surface area contributed by atoms with Crippen molar-refractivity contribution in [3.8, 4) is 6.07 Å². The third kappa shape index (κ3) is 3.55. The van der Waals surface area contributed by atoms with Crippen molar-refractivity contribution in [3.05, 3.63) is 35.7 Å². The van der Waals surface area contributed by atoms with Gasteiger partial charge in [0.25, 0.3) is 0 Å². The highest BCUT2D eigenvalue weighted by Crippen LogP contribution is 2.36. The molecular formula is C19H24N6. The highest BCUT2D eigenvalue weighted by molar-refractivity contribution is 6.09. The van der Waals surface area contributed by atoms with Crippen LogP contribution in [0.15, 0.2) is 40.1 Å². The second-order valence-electron chi connectivity index (χ2n) is 6.45. The van der Waals surface area contributed by atoms with Crippen molar-refractivity contribution >= 4 is 18.3 Å². The Morgan fingerprint density at radius 1 is 1.52 bits per heavy atom. The first-order chi connectivity index (χ1) is 12.3. The van der Waals surface area contributed by atoms with E-state index in [9.17, 15) is 5.26 Å². The lowest BCUT2D eigenvalue weighted by molar-refractivity contribution is 0.314. The molecule has 0 amide bonds. The summed E-state index contributed by atoms with van der Waals surface area (Å²) in [5.41, 5.74) is 2.82. The molecule has 1 atom stereocenters. The van der Waals surface area contributed by atoms with Crippen molar-refractivity contribution in [1.82, 2.24) is 15.1 Å². The Hall–Kier alpha value is -2.68. The van der Waals surface area contributed by atoms with Crippen LogP contribution < -0.4 is 5.32 Å². The molecule has 1 fully saturated rings. The van der Waals surface area contributed by atoms with Crippen LogP contribution in [-0.2, 0) is 0 Å². The number of nitrogens with one attached hydrogen (secondary N) is 1. The molecule has 1 aromatic heterocycles. The Morgan fingerprint density at radius 3 is 3.00 bits per heavy atom. The Labute approximate surface area is 148 Å². The van der Waals surface area contributed by atoms with Gasteiger partial charge in [0.05, 0.1) is 37.0 Å². The fourth-order valence-corrected chi connectivity index (χ4v) is 3.79. The van der Waals surface area contributed by atoms with Gasteiger partial charge in [0, 0.05) is 24.4 Å². The zero-order valence-electron chi connectivity index (χ0n) is 14.6. The average molecular weight is 336 g/mol. The van der Waals surface area contributed by atoms with Crippen LogP contribution in [0.5, 0.6) is 0 Å². The van der Waals surface area contributed by atoms with E-state index in [1.807, 2.05) is 36.3 Å². The summed E-state index contributed by atoms with van der Waals surface area (Å²) in [6.45, 7) is 4.25. The predicted octanol–water partition coefficient (Wildman–Crippen LogP) is 3.13. The van der Waals surface area contributed by atoms with Gasteiger partial charge in [-0.15, -0.1) is 0 Å². The van der Waals surface area contributed by atoms with Crippen LogP contribution in [0.1, 0.15) is 43.7 Å². The molecule has 0 spiro atoms. The molecule has 130 valence electrons. The van der Waals surface area contributed by atoms with E-state index in [4.69, 9.17) is 0 Å². The van der Waals surface area contributed by atoms with Crippen LogP contribution in [0.4, 0.5) is 0 Å². The number of dihydropyridines is 1. The van der Waals surface area contributed by atoms with E-state index in [2.05, 4.69) is 33.2 Å². The van der Waals surface area contributed by atoms with Gasteiger partial charge in [0.15, 0.2) is 5.84 Å². The molecule has 0 bridgehead atoms. The van der Waals surface area contributed by atoms with Crippen molar-refractivity contribution in [2.75, 3.05) is 13.6 Å². The zero-order chi connectivity index (χ0) is 17.6. The predicted molar refractivity (Wildman–Crippen MR) is 100 cm³/mol. The van der Waals surface area contributed by atoms with Gasteiger partial charge in [-0.05, 0) is 25.5 Å². The highest BCUT2D eigenvalue weighted by Gasteiger charge is 2.27. The van der Waals surface area contributed by atoms with Crippen LogP contribution in [0.2, 0.25) is 0 Å². The first kappa shape index (κ1) is 17.2. The van der Waals surface area contributed by atoms with Gasteiger partial charge in [0.2, 0.25) is 0 Å². The summed E-state index contributed by atoms with van der Waals surface area (Å²) in [5.74, 6) is 1.18. The molecule has 1 unspecified atom stereocenters. The number of nitriles is 1. The Balaban J connectivity index is 1.94. The fraction of sp³-hybridized carbons (Fsp3) is 0.474. The largest absolute Gasteiger partial charge is 0.387 e. The van der Waals surface area contributed by atoms with Crippen molar-refractivity contribution in [3.63, 3.8) is 0 Å². The van der Waals surface area contributed by atoms with Crippen molar-refractivity contribution in [1.29, 1.82) is 5.26 Å². The first-order valence-electron chi connectivity index (χ1n) is 8.80. The number of aromatic nitrogens is 2. The summed E-state index contributed by atoms with van der Waals surface area (Å²) in [4.78, 5) is 8.43. The Bertz CT molecular complexity index is 755. The lowest BCUT2D eigenvalue weighted by Gasteiger charge is -2.21. The molecule has 0 radical (unpaired) electrons. The SMILES string of the molecule is C=NC1=NCC=C/C1=C(/NC)c1cnn(C(CC#N)C2CCCC2)c1. The smallest absolute Gasteiger partial charge is 0.156 e. The van der Waals surface area contributed by atoms with Crippen LogP contribution >= 0.6 is 0 Å². The monoisotopic (exact) mass is 336 g/mol. The second kappa shape index (κ2) is 7.93. The third-order valence-electron chi connectivity index (χ3n) is 5.02. The van der Waals surface area contributed by atoms with Crippen molar-refractivity contribution in [2.24, 2.45) is 15.9 Å². The summed E-state index contributed by atoms with van der Waals surface area (Å²) < 4.78 is 1.97. The number of aliphatic imine (C=N–C) groups is 2. The third-order valence-corrected chi connectivity index (χ3v) is 5.02. The number of amidine groups is 1. The minimum Gasteiger partial charge on any atom is -0.387 e. The molecule has 6 nitrogen and oxygen atoms in total. The molecule has 2 heterocycles. The number of rotatable bonds is 5. The van der Waals surface area contributed by atoms with Gasteiger partial charge in [-0.3, -0.25) is 9.67 Å². The molecule has 0 aromatic carbocycles. The molecule has 1 aliphatic heterocycles. The summed E-state index contributed by atoms with van der Waals surface area (Å²) in [6, 6.07) is 2.48. The normalized spacial score (nSPS) is 20.7. The van der Waals surface area contributed by atoms with E-state index in [-0.39, 0.29) is 6.04 Å². The zero-order valence-corrected chi connectivity index (χ0v) is 14.6. The quantitative estimate of drug-likeness (QED) is 0.839. The molecule has 25 heavy (non-hydrogen) atoms.